The summed E-state index contributed by atoms with van der Waals surface area (Å²) in [4.78, 5) is 25.3. The third kappa shape index (κ3) is 3.34. The normalized spacial score (nSPS) is 15.9. The SMILES string of the molecule is CN1CCN(CCNc2nc3ccncc3n3c2cc2cc(C(=O)O)ccc23)CC1. The molecule has 0 unspecified atom stereocenters. The summed E-state index contributed by atoms with van der Waals surface area (Å²) in [6, 6.07) is 9.10. The van der Waals surface area contributed by atoms with Gasteiger partial charge in [0, 0.05) is 50.9 Å². The van der Waals surface area contributed by atoms with E-state index in [1.54, 1.807) is 24.5 Å². The van der Waals surface area contributed by atoms with Crippen LogP contribution in [0.25, 0.3) is 27.5 Å². The minimum absolute atomic E-state index is 0.276. The van der Waals surface area contributed by atoms with Crippen LogP contribution in [-0.2, 0) is 0 Å². The second kappa shape index (κ2) is 7.55. The van der Waals surface area contributed by atoms with Crippen LogP contribution in [0.4, 0.5) is 5.82 Å². The molecule has 1 aliphatic rings. The first-order valence-electron chi connectivity index (χ1n) is 10.2. The molecule has 5 rings (SSSR count). The summed E-state index contributed by atoms with van der Waals surface area (Å²) in [7, 11) is 2.16. The van der Waals surface area contributed by atoms with E-state index in [-0.39, 0.29) is 5.56 Å². The molecule has 0 aliphatic carbocycles. The van der Waals surface area contributed by atoms with Gasteiger partial charge in [-0.15, -0.1) is 0 Å². The van der Waals surface area contributed by atoms with Crippen molar-refractivity contribution in [3.63, 3.8) is 0 Å². The van der Waals surface area contributed by atoms with Crippen LogP contribution in [0.1, 0.15) is 10.4 Å². The molecule has 0 radical (unpaired) electrons. The van der Waals surface area contributed by atoms with Crippen molar-refractivity contribution in [1.29, 1.82) is 0 Å². The number of aromatic nitrogens is 3. The number of benzene rings is 1. The molecule has 4 heterocycles. The fourth-order valence-electron chi connectivity index (χ4n) is 4.14. The number of fused-ring (bicyclic) bond motifs is 5. The van der Waals surface area contributed by atoms with Crippen molar-refractivity contribution in [2.24, 2.45) is 0 Å². The highest BCUT2D eigenvalue weighted by Gasteiger charge is 2.16. The Bertz CT molecular complexity index is 1240. The Balaban J connectivity index is 1.53. The molecular formula is C22H24N6O2. The van der Waals surface area contributed by atoms with Crippen LogP contribution in [0.5, 0.6) is 0 Å². The van der Waals surface area contributed by atoms with Gasteiger partial charge in [-0.05, 0) is 37.4 Å². The zero-order chi connectivity index (χ0) is 20.7. The van der Waals surface area contributed by atoms with E-state index in [9.17, 15) is 9.90 Å². The van der Waals surface area contributed by atoms with Crippen LogP contribution in [0, 0.1) is 0 Å². The standard InChI is InChI=1S/C22H24N6O2/c1-26-8-10-27(11-9-26)7-6-24-21-19-13-16-12-15(22(29)30)2-3-18(16)28(19)20-14-23-5-4-17(20)25-21/h2-5,12-14H,6-11H2,1H3,(H,24,25)(H,29,30). The van der Waals surface area contributed by atoms with Gasteiger partial charge in [0.1, 0.15) is 0 Å². The number of aromatic carboxylic acids is 1. The first-order valence-corrected chi connectivity index (χ1v) is 10.2. The van der Waals surface area contributed by atoms with Crippen molar-refractivity contribution in [3.05, 3.63) is 48.3 Å². The lowest BCUT2D eigenvalue weighted by Crippen LogP contribution is -2.45. The molecular weight excluding hydrogens is 380 g/mol. The lowest BCUT2D eigenvalue weighted by Gasteiger charge is -2.32. The predicted molar refractivity (Wildman–Crippen MR) is 117 cm³/mol. The summed E-state index contributed by atoms with van der Waals surface area (Å²) < 4.78 is 2.11. The molecule has 154 valence electrons. The van der Waals surface area contributed by atoms with E-state index in [1.807, 2.05) is 18.2 Å². The Morgan fingerprint density at radius 1 is 1.10 bits per heavy atom. The highest BCUT2D eigenvalue weighted by molar-refractivity contribution is 6.00. The maximum absolute atomic E-state index is 11.4. The number of anilines is 1. The topological polar surface area (TPSA) is 86.0 Å². The van der Waals surface area contributed by atoms with E-state index in [1.165, 1.54) is 0 Å². The molecule has 3 aromatic heterocycles. The number of pyridine rings is 1. The monoisotopic (exact) mass is 404 g/mol. The fourth-order valence-corrected chi connectivity index (χ4v) is 4.14. The van der Waals surface area contributed by atoms with E-state index in [0.717, 1.165) is 72.5 Å². The summed E-state index contributed by atoms with van der Waals surface area (Å²) in [6.07, 6.45) is 3.54. The fraction of sp³-hybridized carbons (Fsp3) is 0.318. The van der Waals surface area contributed by atoms with Gasteiger partial charge in [0.25, 0.3) is 0 Å². The molecule has 1 aliphatic heterocycles. The molecule has 30 heavy (non-hydrogen) atoms. The molecule has 1 aromatic carbocycles. The zero-order valence-corrected chi connectivity index (χ0v) is 16.9. The van der Waals surface area contributed by atoms with Crippen molar-refractivity contribution in [2.45, 2.75) is 0 Å². The summed E-state index contributed by atoms with van der Waals surface area (Å²) >= 11 is 0. The smallest absolute Gasteiger partial charge is 0.335 e. The summed E-state index contributed by atoms with van der Waals surface area (Å²) in [5.41, 5.74) is 3.89. The number of nitrogens with one attached hydrogen (secondary N) is 1. The number of carboxylic acid groups (broad SMARTS) is 1. The largest absolute Gasteiger partial charge is 0.478 e. The number of likely N-dealkylation sites (N-methyl/N-ethyl adjacent to an activating group) is 1. The van der Waals surface area contributed by atoms with Gasteiger partial charge < -0.3 is 19.7 Å². The van der Waals surface area contributed by atoms with Gasteiger partial charge in [0.05, 0.1) is 33.8 Å². The second-order valence-corrected chi connectivity index (χ2v) is 7.84. The molecule has 2 N–H and O–H groups in total. The number of rotatable bonds is 5. The quantitative estimate of drug-likeness (QED) is 0.528. The van der Waals surface area contributed by atoms with Crippen LogP contribution in [-0.4, -0.2) is 81.6 Å². The number of carbonyl (C=O) groups is 1. The van der Waals surface area contributed by atoms with E-state index >= 15 is 0 Å². The molecule has 4 aromatic rings. The van der Waals surface area contributed by atoms with Crippen molar-refractivity contribution in [3.8, 4) is 0 Å². The molecule has 0 atom stereocenters. The van der Waals surface area contributed by atoms with Gasteiger partial charge in [0.15, 0.2) is 5.82 Å². The predicted octanol–water partition coefficient (Wildman–Crippen LogP) is 2.39. The highest BCUT2D eigenvalue weighted by Crippen LogP contribution is 2.29. The molecule has 8 nitrogen and oxygen atoms in total. The Kier molecular flexibility index (Phi) is 4.72. The molecule has 8 heteroatoms. The van der Waals surface area contributed by atoms with Crippen LogP contribution in [0.3, 0.4) is 0 Å². The average Bonchev–Trinajstić information content (AvgIpc) is 3.14. The molecule has 0 spiro atoms. The maximum atomic E-state index is 11.4. The molecule has 0 bridgehead atoms. The van der Waals surface area contributed by atoms with Crippen molar-refractivity contribution in [2.75, 3.05) is 51.6 Å². The van der Waals surface area contributed by atoms with Gasteiger partial charge in [-0.2, -0.15) is 0 Å². The van der Waals surface area contributed by atoms with Crippen molar-refractivity contribution in [1.82, 2.24) is 24.2 Å². The number of carboxylic acids is 1. The number of nitrogens with zero attached hydrogens (tertiary/aromatic N) is 5. The average molecular weight is 404 g/mol. The van der Waals surface area contributed by atoms with Gasteiger partial charge in [-0.25, -0.2) is 9.78 Å². The van der Waals surface area contributed by atoms with Crippen molar-refractivity contribution >= 4 is 39.2 Å². The summed E-state index contributed by atoms with van der Waals surface area (Å²) in [5, 5.41) is 13.7. The van der Waals surface area contributed by atoms with Gasteiger partial charge in [0.2, 0.25) is 0 Å². The first kappa shape index (κ1) is 18.8. The minimum Gasteiger partial charge on any atom is -0.478 e. The Morgan fingerprint density at radius 2 is 1.93 bits per heavy atom. The van der Waals surface area contributed by atoms with E-state index in [0.29, 0.717) is 0 Å². The first-order chi connectivity index (χ1) is 14.6. The van der Waals surface area contributed by atoms with Crippen molar-refractivity contribution < 1.29 is 9.90 Å². The molecule has 1 fully saturated rings. The van der Waals surface area contributed by atoms with Crippen LogP contribution in [0.15, 0.2) is 42.7 Å². The summed E-state index contributed by atoms with van der Waals surface area (Å²) in [5.74, 6) is -0.127. The zero-order valence-electron chi connectivity index (χ0n) is 16.9. The van der Waals surface area contributed by atoms with E-state index in [4.69, 9.17) is 4.98 Å². The highest BCUT2D eigenvalue weighted by atomic mass is 16.4. The van der Waals surface area contributed by atoms with Crippen LogP contribution < -0.4 is 5.32 Å². The third-order valence-corrected chi connectivity index (χ3v) is 5.86. The molecule has 1 saturated heterocycles. The number of hydrogen-bond acceptors (Lipinski definition) is 6. The maximum Gasteiger partial charge on any atom is 0.335 e. The minimum atomic E-state index is -0.928. The Labute approximate surface area is 173 Å². The Morgan fingerprint density at radius 3 is 2.73 bits per heavy atom. The van der Waals surface area contributed by atoms with E-state index < -0.39 is 5.97 Å². The van der Waals surface area contributed by atoms with E-state index in [2.05, 4.69) is 31.5 Å². The van der Waals surface area contributed by atoms with Gasteiger partial charge in [-0.1, -0.05) is 0 Å². The van der Waals surface area contributed by atoms with Gasteiger partial charge >= 0.3 is 5.97 Å². The van der Waals surface area contributed by atoms with Crippen LogP contribution in [0.2, 0.25) is 0 Å². The van der Waals surface area contributed by atoms with Gasteiger partial charge in [-0.3, -0.25) is 9.88 Å². The Hall–Kier alpha value is -3.23. The lowest BCUT2D eigenvalue weighted by molar-refractivity contribution is 0.0697. The summed E-state index contributed by atoms with van der Waals surface area (Å²) in [6.45, 7) is 6.11. The second-order valence-electron chi connectivity index (χ2n) is 7.84. The third-order valence-electron chi connectivity index (χ3n) is 5.86. The molecule has 0 saturated carbocycles. The molecule has 0 amide bonds. The lowest BCUT2D eigenvalue weighted by atomic mass is 10.1. The number of piperazine rings is 1. The number of hydrogen-bond donors (Lipinski definition) is 2. The van der Waals surface area contributed by atoms with Crippen LogP contribution >= 0.6 is 0 Å².